The molecule has 86 valence electrons. The Bertz CT molecular complexity index is 261. The van der Waals surface area contributed by atoms with Gasteiger partial charge in [0.15, 0.2) is 0 Å². The molecule has 0 aliphatic carbocycles. The molecule has 0 saturated carbocycles. The molecule has 15 heavy (non-hydrogen) atoms. The van der Waals surface area contributed by atoms with Crippen molar-refractivity contribution in [2.75, 3.05) is 20.3 Å². The number of ether oxygens (including phenoxy) is 1. The first-order valence-corrected chi connectivity index (χ1v) is 4.89. The Balaban J connectivity index is 2.51. The Morgan fingerprint density at radius 2 is 2.20 bits per heavy atom. The molecule has 2 atom stereocenters. The molecule has 0 radical (unpaired) electrons. The lowest BCUT2D eigenvalue weighted by molar-refractivity contribution is -0.131. The number of nitrogens with one attached hydrogen (secondary N) is 2. The van der Waals surface area contributed by atoms with Gasteiger partial charge in [-0.2, -0.15) is 0 Å². The highest BCUT2D eigenvalue weighted by Gasteiger charge is 2.39. The van der Waals surface area contributed by atoms with Crippen molar-refractivity contribution in [2.24, 2.45) is 5.73 Å². The number of hydrogen-bond acceptors (Lipinski definition) is 4. The molecule has 1 heterocycles. The number of rotatable bonds is 3. The second-order valence-corrected chi connectivity index (χ2v) is 3.77. The van der Waals surface area contributed by atoms with Crippen LogP contribution in [0, 0.1) is 0 Å². The molecule has 0 spiro atoms. The Morgan fingerprint density at radius 1 is 1.53 bits per heavy atom. The lowest BCUT2D eigenvalue weighted by Gasteiger charge is -2.23. The molecule has 1 fully saturated rings. The van der Waals surface area contributed by atoms with Crippen LogP contribution in [0.2, 0.25) is 0 Å². The quantitative estimate of drug-likeness (QED) is 0.526. The fourth-order valence-electron chi connectivity index (χ4n) is 1.38. The Kier molecular flexibility index (Phi) is 3.65. The van der Waals surface area contributed by atoms with Crippen molar-refractivity contribution in [1.82, 2.24) is 10.6 Å². The highest BCUT2D eigenvalue weighted by atomic mass is 16.5. The molecule has 1 rings (SSSR count). The molecule has 0 bridgehead atoms. The number of nitrogens with two attached hydrogens (primary N) is 1. The zero-order valence-electron chi connectivity index (χ0n) is 9.00. The zero-order valence-corrected chi connectivity index (χ0v) is 9.00. The lowest BCUT2D eigenvalue weighted by atomic mass is 9.99. The van der Waals surface area contributed by atoms with E-state index in [2.05, 4.69) is 10.6 Å². The van der Waals surface area contributed by atoms with Crippen molar-refractivity contribution in [1.29, 1.82) is 0 Å². The van der Waals surface area contributed by atoms with Gasteiger partial charge in [0.2, 0.25) is 11.8 Å². The molecule has 6 nitrogen and oxygen atoms in total. The molecule has 0 aromatic rings. The van der Waals surface area contributed by atoms with Crippen LogP contribution < -0.4 is 16.4 Å². The van der Waals surface area contributed by atoms with Gasteiger partial charge in [-0.05, 0) is 13.3 Å². The molecule has 2 amide bonds. The zero-order chi connectivity index (χ0) is 11.5. The van der Waals surface area contributed by atoms with Crippen LogP contribution in [0.5, 0.6) is 0 Å². The summed E-state index contributed by atoms with van der Waals surface area (Å²) in [7, 11) is 1.52. The molecule has 1 saturated heterocycles. The van der Waals surface area contributed by atoms with Gasteiger partial charge in [-0.25, -0.2) is 0 Å². The van der Waals surface area contributed by atoms with E-state index in [1.807, 2.05) is 0 Å². The fourth-order valence-corrected chi connectivity index (χ4v) is 1.38. The molecule has 6 heteroatoms. The third-order valence-electron chi connectivity index (χ3n) is 2.49. The molecule has 0 aromatic heterocycles. The van der Waals surface area contributed by atoms with Gasteiger partial charge in [-0.15, -0.1) is 0 Å². The maximum absolute atomic E-state index is 11.7. The first-order valence-electron chi connectivity index (χ1n) is 4.89. The van der Waals surface area contributed by atoms with Crippen molar-refractivity contribution in [3.63, 3.8) is 0 Å². The van der Waals surface area contributed by atoms with E-state index in [9.17, 15) is 9.59 Å². The predicted molar refractivity (Wildman–Crippen MR) is 54.0 cm³/mol. The summed E-state index contributed by atoms with van der Waals surface area (Å²) >= 11 is 0. The van der Waals surface area contributed by atoms with E-state index in [1.54, 1.807) is 6.92 Å². The first kappa shape index (κ1) is 11.9. The monoisotopic (exact) mass is 215 g/mol. The lowest BCUT2D eigenvalue weighted by Crippen LogP contribution is -2.58. The van der Waals surface area contributed by atoms with Crippen molar-refractivity contribution < 1.29 is 14.3 Å². The Morgan fingerprint density at radius 3 is 2.67 bits per heavy atom. The molecule has 4 N–H and O–H groups in total. The predicted octanol–water partition coefficient (Wildman–Crippen LogP) is -1.65. The topological polar surface area (TPSA) is 93.5 Å². The van der Waals surface area contributed by atoms with Gasteiger partial charge in [-0.1, -0.05) is 0 Å². The highest BCUT2D eigenvalue weighted by molar-refractivity contribution is 5.91. The number of hydrogen-bond donors (Lipinski definition) is 3. The molecule has 1 aliphatic heterocycles. The second-order valence-electron chi connectivity index (χ2n) is 3.77. The summed E-state index contributed by atoms with van der Waals surface area (Å²) in [4.78, 5) is 22.9. The number of carbonyl (C=O) groups excluding carboxylic acids is 2. The van der Waals surface area contributed by atoms with Crippen LogP contribution >= 0.6 is 0 Å². The summed E-state index contributed by atoms with van der Waals surface area (Å²) in [6.45, 7) is 2.30. The molecular formula is C9H17N3O3. The van der Waals surface area contributed by atoms with Crippen molar-refractivity contribution in [3.8, 4) is 0 Å². The number of carbonyl (C=O) groups is 2. The minimum atomic E-state index is -0.984. The maximum Gasteiger partial charge on any atom is 0.243 e. The van der Waals surface area contributed by atoms with E-state index in [4.69, 9.17) is 10.5 Å². The molecular weight excluding hydrogens is 198 g/mol. The average Bonchev–Trinajstić information content (AvgIpc) is 2.65. The van der Waals surface area contributed by atoms with Gasteiger partial charge in [0.1, 0.15) is 11.6 Å². The summed E-state index contributed by atoms with van der Waals surface area (Å²) in [5, 5.41) is 5.00. The van der Waals surface area contributed by atoms with Crippen molar-refractivity contribution in [2.45, 2.75) is 24.9 Å². The number of likely N-dealkylation sites (N-methyl/N-ethyl adjacent to an activating group) is 1. The van der Waals surface area contributed by atoms with Crippen LogP contribution in [0.4, 0.5) is 0 Å². The summed E-state index contributed by atoms with van der Waals surface area (Å²) < 4.78 is 5.06. The van der Waals surface area contributed by atoms with E-state index in [0.717, 1.165) is 0 Å². The van der Waals surface area contributed by atoms with Crippen LogP contribution in [0.25, 0.3) is 0 Å². The van der Waals surface area contributed by atoms with Crippen LogP contribution in [0.3, 0.4) is 0 Å². The van der Waals surface area contributed by atoms with Gasteiger partial charge < -0.3 is 21.1 Å². The van der Waals surface area contributed by atoms with E-state index in [-0.39, 0.29) is 18.4 Å². The molecule has 2 unspecified atom stereocenters. The van der Waals surface area contributed by atoms with Gasteiger partial charge in [0.05, 0.1) is 6.61 Å². The van der Waals surface area contributed by atoms with E-state index in [0.29, 0.717) is 13.0 Å². The SMILES string of the molecule is CNC(=O)C(C)NC(=O)C1(N)CCOC1. The minimum Gasteiger partial charge on any atom is -0.379 e. The normalized spacial score (nSPS) is 27.1. The summed E-state index contributed by atoms with van der Waals surface area (Å²) in [6, 6.07) is -0.580. The van der Waals surface area contributed by atoms with Crippen LogP contribution in [-0.4, -0.2) is 43.7 Å². The Labute approximate surface area is 88.5 Å². The minimum absolute atomic E-state index is 0.208. The van der Waals surface area contributed by atoms with E-state index in [1.165, 1.54) is 7.05 Å². The van der Waals surface area contributed by atoms with Crippen molar-refractivity contribution in [3.05, 3.63) is 0 Å². The first-order chi connectivity index (χ1) is 6.99. The molecule has 0 aromatic carbocycles. The second kappa shape index (κ2) is 4.59. The van der Waals surface area contributed by atoms with Gasteiger partial charge in [0, 0.05) is 13.7 Å². The summed E-state index contributed by atoms with van der Waals surface area (Å²) in [5.41, 5.74) is 4.84. The standard InChI is InChI=1S/C9H17N3O3/c1-6(7(13)11-2)12-8(14)9(10)3-4-15-5-9/h6H,3-5,10H2,1-2H3,(H,11,13)(H,12,14). The van der Waals surface area contributed by atoms with Crippen LogP contribution in [0.15, 0.2) is 0 Å². The highest BCUT2D eigenvalue weighted by Crippen LogP contribution is 2.15. The van der Waals surface area contributed by atoms with Crippen LogP contribution in [0.1, 0.15) is 13.3 Å². The van der Waals surface area contributed by atoms with Crippen molar-refractivity contribution >= 4 is 11.8 Å². The van der Waals surface area contributed by atoms with E-state index >= 15 is 0 Å². The summed E-state index contributed by atoms with van der Waals surface area (Å²) in [5.74, 6) is -0.582. The van der Waals surface area contributed by atoms with Gasteiger partial charge in [-0.3, -0.25) is 9.59 Å². The number of amides is 2. The third kappa shape index (κ3) is 2.66. The van der Waals surface area contributed by atoms with Crippen LogP contribution in [-0.2, 0) is 14.3 Å². The Hall–Kier alpha value is -1.14. The fraction of sp³-hybridized carbons (Fsp3) is 0.778. The van der Waals surface area contributed by atoms with E-state index < -0.39 is 11.6 Å². The largest absolute Gasteiger partial charge is 0.379 e. The molecule has 1 aliphatic rings. The average molecular weight is 215 g/mol. The van der Waals surface area contributed by atoms with Gasteiger partial charge >= 0.3 is 0 Å². The third-order valence-corrected chi connectivity index (χ3v) is 2.49. The van der Waals surface area contributed by atoms with Gasteiger partial charge in [0.25, 0.3) is 0 Å². The summed E-state index contributed by atoms with van der Waals surface area (Å²) in [6.07, 6.45) is 0.485. The maximum atomic E-state index is 11.7. The smallest absolute Gasteiger partial charge is 0.243 e.